The molecule has 0 aliphatic carbocycles. The lowest BCUT2D eigenvalue weighted by Gasteiger charge is -2.37. The van der Waals surface area contributed by atoms with E-state index in [2.05, 4.69) is 17.0 Å². The molecular formula is C15H25NO2. The summed E-state index contributed by atoms with van der Waals surface area (Å²) in [6, 6.07) is 10.2. The fourth-order valence-electron chi connectivity index (χ4n) is 2.01. The molecule has 4 atom stereocenters. The van der Waals surface area contributed by atoms with E-state index in [9.17, 15) is 10.2 Å². The smallest absolute Gasteiger partial charge is 0.0664 e. The van der Waals surface area contributed by atoms with Gasteiger partial charge in [0, 0.05) is 18.6 Å². The van der Waals surface area contributed by atoms with Gasteiger partial charge in [0.05, 0.1) is 12.2 Å². The first-order chi connectivity index (χ1) is 8.43. The van der Waals surface area contributed by atoms with Gasteiger partial charge < -0.3 is 10.2 Å². The molecule has 3 heteroatoms. The topological polar surface area (TPSA) is 43.7 Å². The molecule has 3 nitrogen and oxygen atoms in total. The van der Waals surface area contributed by atoms with Gasteiger partial charge in [-0.25, -0.2) is 0 Å². The van der Waals surface area contributed by atoms with E-state index in [4.69, 9.17) is 0 Å². The Kier molecular flexibility index (Phi) is 5.79. The molecule has 0 spiro atoms. The van der Waals surface area contributed by atoms with Crippen molar-refractivity contribution in [3.8, 4) is 0 Å². The Labute approximate surface area is 110 Å². The van der Waals surface area contributed by atoms with E-state index in [0.29, 0.717) is 0 Å². The zero-order chi connectivity index (χ0) is 13.7. The van der Waals surface area contributed by atoms with Gasteiger partial charge in [-0.3, -0.25) is 4.90 Å². The van der Waals surface area contributed by atoms with E-state index in [1.54, 1.807) is 13.8 Å². The van der Waals surface area contributed by atoms with Crippen LogP contribution in [0, 0.1) is 0 Å². The van der Waals surface area contributed by atoms with Gasteiger partial charge in [0.2, 0.25) is 0 Å². The summed E-state index contributed by atoms with van der Waals surface area (Å²) in [6.07, 6.45) is -0.843. The zero-order valence-corrected chi connectivity index (χ0v) is 11.7. The van der Waals surface area contributed by atoms with Crippen LogP contribution in [0.15, 0.2) is 30.3 Å². The summed E-state index contributed by atoms with van der Waals surface area (Å²) >= 11 is 0. The summed E-state index contributed by atoms with van der Waals surface area (Å²) in [4.78, 5) is 2.14. The Morgan fingerprint density at radius 1 is 0.889 bits per heavy atom. The highest BCUT2D eigenvalue weighted by Crippen LogP contribution is 2.16. The molecule has 0 aliphatic heterocycles. The van der Waals surface area contributed by atoms with E-state index in [1.165, 1.54) is 5.56 Å². The van der Waals surface area contributed by atoms with Crippen molar-refractivity contribution in [2.45, 2.75) is 58.5 Å². The lowest BCUT2D eigenvalue weighted by Crippen LogP contribution is -2.48. The summed E-state index contributed by atoms with van der Waals surface area (Å²) in [5, 5.41) is 19.6. The van der Waals surface area contributed by atoms with Crippen LogP contribution in [0.25, 0.3) is 0 Å². The lowest BCUT2D eigenvalue weighted by atomic mass is 10.0. The molecule has 0 amide bonds. The van der Waals surface area contributed by atoms with Crippen LogP contribution < -0.4 is 0 Å². The normalized spacial score (nSPS) is 18.4. The number of nitrogens with zero attached hydrogens (tertiary/aromatic N) is 1. The van der Waals surface area contributed by atoms with Gasteiger partial charge in [0.15, 0.2) is 0 Å². The second-order valence-corrected chi connectivity index (χ2v) is 5.12. The SMILES string of the molecule is CC(O)C(C)N(Cc1ccccc1)C(C)C(C)O. The molecule has 0 heterocycles. The van der Waals surface area contributed by atoms with E-state index in [-0.39, 0.29) is 12.1 Å². The lowest BCUT2D eigenvalue weighted by molar-refractivity contribution is -0.00228. The molecule has 4 unspecified atom stereocenters. The van der Waals surface area contributed by atoms with Crippen molar-refractivity contribution in [3.05, 3.63) is 35.9 Å². The highest BCUT2D eigenvalue weighted by atomic mass is 16.3. The third-order valence-electron chi connectivity index (χ3n) is 3.65. The van der Waals surface area contributed by atoms with Gasteiger partial charge in [-0.2, -0.15) is 0 Å². The Morgan fingerprint density at radius 3 is 1.72 bits per heavy atom. The molecular weight excluding hydrogens is 226 g/mol. The fourth-order valence-corrected chi connectivity index (χ4v) is 2.01. The maximum Gasteiger partial charge on any atom is 0.0664 e. The molecule has 1 rings (SSSR count). The van der Waals surface area contributed by atoms with Gasteiger partial charge in [-0.15, -0.1) is 0 Å². The molecule has 18 heavy (non-hydrogen) atoms. The third-order valence-corrected chi connectivity index (χ3v) is 3.65. The molecule has 0 saturated carbocycles. The Hall–Kier alpha value is -0.900. The van der Waals surface area contributed by atoms with E-state index < -0.39 is 12.2 Å². The van der Waals surface area contributed by atoms with Crippen LogP contribution in [-0.2, 0) is 6.54 Å². The van der Waals surface area contributed by atoms with Crippen molar-refractivity contribution in [2.24, 2.45) is 0 Å². The Bertz CT molecular complexity index is 324. The third kappa shape index (κ3) is 4.09. The van der Waals surface area contributed by atoms with Crippen molar-refractivity contribution < 1.29 is 10.2 Å². The molecule has 1 aromatic carbocycles. The van der Waals surface area contributed by atoms with E-state index in [1.807, 2.05) is 32.0 Å². The molecule has 0 aromatic heterocycles. The van der Waals surface area contributed by atoms with Crippen molar-refractivity contribution in [1.29, 1.82) is 0 Å². The summed E-state index contributed by atoms with van der Waals surface area (Å²) < 4.78 is 0. The highest BCUT2D eigenvalue weighted by Gasteiger charge is 2.26. The quantitative estimate of drug-likeness (QED) is 0.813. The van der Waals surface area contributed by atoms with E-state index >= 15 is 0 Å². The van der Waals surface area contributed by atoms with Crippen molar-refractivity contribution >= 4 is 0 Å². The maximum absolute atomic E-state index is 9.78. The van der Waals surface area contributed by atoms with Gasteiger partial charge in [0.1, 0.15) is 0 Å². The van der Waals surface area contributed by atoms with Crippen LogP contribution in [0.4, 0.5) is 0 Å². The average Bonchev–Trinajstić information content (AvgIpc) is 2.35. The summed E-state index contributed by atoms with van der Waals surface area (Å²) in [5.74, 6) is 0. The zero-order valence-electron chi connectivity index (χ0n) is 11.7. The highest BCUT2D eigenvalue weighted by molar-refractivity contribution is 5.14. The Balaban J connectivity index is 2.84. The molecule has 2 N–H and O–H groups in total. The Morgan fingerprint density at radius 2 is 1.33 bits per heavy atom. The average molecular weight is 251 g/mol. The number of benzene rings is 1. The van der Waals surface area contributed by atoms with Crippen molar-refractivity contribution in [3.63, 3.8) is 0 Å². The van der Waals surface area contributed by atoms with Crippen molar-refractivity contribution in [1.82, 2.24) is 4.90 Å². The van der Waals surface area contributed by atoms with E-state index in [0.717, 1.165) is 6.54 Å². The molecule has 0 saturated heterocycles. The fraction of sp³-hybridized carbons (Fsp3) is 0.600. The second-order valence-electron chi connectivity index (χ2n) is 5.12. The van der Waals surface area contributed by atoms with Crippen LogP contribution >= 0.6 is 0 Å². The number of rotatable bonds is 6. The van der Waals surface area contributed by atoms with Gasteiger partial charge in [-0.1, -0.05) is 30.3 Å². The summed E-state index contributed by atoms with van der Waals surface area (Å²) in [7, 11) is 0. The molecule has 0 aliphatic rings. The standard InChI is InChI=1S/C15H25NO2/c1-11(13(3)17)16(12(2)14(4)18)10-15-8-6-5-7-9-15/h5-9,11-14,17-18H,10H2,1-4H3. The first-order valence-electron chi connectivity index (χ1n) is 6.59. The van der Waals surface area contributed by atoms with Crippen LogP contribution in [-0.4, -0.2) is 39.4 Å². The first-order valence-corrected chi connectivity index (χ1v) is 6.59. The largest absolute Gasteiger partial charge is 0.392 e. The molecule has 0 radical (unpaired) electrons. The number of hydrogen-bond acceptors (Lipinski definition) is 3. The van der Waals surface area contributed by atoms with Crippen LogP contribution in [0.5, 0.6) is 0 Å². The predicted molar refractivity (Wildman–Crippen MR) is 74.3 cm³/mol. The molecule has 102 valence electrons. The van der Waals surface area contributed by atoms with Gasteiger partial charge in [-0.05, 0) is 33.3 Å². The minimum Gasteiger partial charge on any atom is -0.392 e. The summed E-state index contributed by atoms with van der Waals surface area (Å²) in [6.45, 7) is 8.30. The van der Waals surface area contributed by atoms with Crippen LogP contribution in [0.2, 0.25) is 0 Å². The minimum atomic E-state index is -0.421. The number of aliphatic hydroxyl groups excluding tert-OH is 2. The minimum absolute atomic E-state index is 0.00908. The predicted octanol–water partition coefficient (Wildman–Crippen LogP) is 2.03. The number of hydrogen-bond donors (Lipinski definition) is 2. The van der Waals surface area contributed by atoms with Crippen LogP contribution in [0.1, 0.15) is 33.3 Å². The molecule has 0 bridgehead atoms. The van der Waals surface area contributed by atoms with Crippen molar-refractivity contribution in [2.75, 3.05) is 0 Å². The van der Waals surface area contributed by atoms with Crippen LogP contribution in [0.3, 0.4) is 0 Å². The maximum atomic E-state index is 9.78. The number of aliphatic hydroxyl groups is 2. The summed E-state index contributed by atoms with van der Waals surface area (Å²) in [5.41, 5.74) is 1.19. The molecule has 1 aromatic rings. The van der Waals surface area contributed by atoms with Gasteiger partial charge in [0.25, 0.3) is 0 Å². The first kappa shape index (κ1) is 15.2. The van der Waals surface area contributed by atoms with Gasteiger partial charge >= 0.3 is 0 Å². The second kappa shape index (κ2) is 6.88. The monoisotopic (exact) mass is 251 g/mol. The molecule has 0 fully saturated rings.